The van der Waals surface area contributed by atoms with Crippen molar-refractivity contribution in [2.24, 2.45) is 5.73 Å². The van der Waals surface area contributed by atoms with Gasteiger partial charge in [-0.05, 0) is 25.1 Å². The highest BCUT2D eigenvalue weighted by molar-refractivity contribution is 6.32. The van der Waals surface area contributed by atoms with Gasteiger partial charge in [0.2, 0.25) is 11.8 Å². The summed E-state index contributed by atoms with van der Waals surface area (Å²) >= 11 is 6.09. The maximum Gasteiger partial charge on any atom is 0.226 e. The zero-order chi connectivity index (χ0) is 21.7. The van der Waals surface area contributed by atoms with E-state index >= 15 is 0 Å². The van der Waals surface area contributed by atoms with Crippen molar-refractivity contribution < 1.29 is 9.59 Å². The molecule has 2 heterocycles. The molecule has 0 aliphatic carbocycles. The van der Waals surface area contributed by atoms with E-state index in [1.807, 2.05) is 25.3 Å². The number of carbonyl (C=O) groups is 2. The largest absolute Gasteiger partial charge is 0.369 e. The number of primary amides is 1. The van der Waals surface area contributed by atoms with Crippen LogP contribution in [0.5, 0.6) is 0 Å². The van der Waals surface area contributed by atoms with E-state index in [1.54, 1.807) is 22.9 Å². The minimum Gasteiger partial charge on any atom is -0.369 e. The number of hydrogen-bond donors (Lipinski definition) is 3. The first-order valence-corrected chi connectivity index (χ1v) is 9.55. The number of amides is 2. The Hall–Kier alpha value is -3.64. The first-order chi connectivity index (χ1) is 14.3. The molecule has 1 aromatic carbocycles. The molecule has 30 heavy (non-hydrogen) atoms. The van der Waals surface area contributed by atoms with Gasteiger partial charge in [-0.1, -0.05) is 17.7 Å². The second-order valence-electron chi connectivity index (χ2n) is 6.87. The van der Waals surface area contributed by atoms with E-state index in [0.29, 0.717) is 28.6 Å². The van der Waals surface area contributed by atoms with Crippen LogP contribution >= 0.6 is 11.6 Å². The number of aromatic nitrogens is 4. The van der Waals surface area contributed by atoms with Gasteiger partial charge in [0.15, 0.2) is 0 Å². The van der Waals surface area contributed by atoms with Crippen LogP contribution in [-0.4, -0.2) is 37.6 Å². The Morgan fingerprint density at radius 1 is 1.37 bits per heavy atom. The van der Waals surface area contributed by atoms with E-state index in [4.69, 9.17) is 22.6 Å². The lowest BCUT2D eigenvalue weighted by Gasteiger charge is -2.13. The molecule has 0 bridgehead atoms. The predicted octanol–water partition coefficient (Wildman–Crippen LogP) is 1.57. The van der Waals surface area contributed by atoms with Crippen LogP contribution < -0.4 is 11.1 Å². The highest BCUT2D eigenvalue weighted by Crippen LogP contribution is 2.24. The second kappa shape index (κ2) is 9.24. The molecule has 0 saturated heterocycles. The maximum atomic E-state index is 12.2. The molecule has 4 N–H and O–H groups in total. The number of nitriles is 1. The Bertz CT molecular complexity index is 1110. The highest BCUT2D eigenvalue weighted by Gasteiger charge is 2.13. The minimum atomic E-state index is -0.490. The lowest BCUT2D eigenvalue weighted by molar-refractivity contribution is -0.121. The third-order valence-corrected chi connectivity index (χ3v) is 4.58. The van der Waals surface area contributed by atoms with E-state index < -0.39 is 5.91 Å². The smallest absolute Gasteiger partial charge is 0.226 e. The summed E-state index contributed by atoms with van der Waals surface area (Å²) in [6.45, 7) is 2.36. The number of rotatable bonds is 8. The highest BCUT2D eigenvalue weighted by atomic mass is 35.5. The van der Waals surface area contributed by atoms with Crippen molar-refractivity contribution in [3.8, 4) is 17.3 Å². The van der Waals surface area contributed by atoms with Crippen LogP contribution in [0.3, 0.4) is 0 Å². The molecule has 2 aromatic heterocycles. The van der Waals surface area contributed by atoms with E-state index in [0.717, 1.165) is 11.3 Å². The van der Waals surface area contributed by atoms with Crippen LogP contribution in [0.1, 0.15) is 24.0 Å². The van der Waals surface area contributed by atoms with Gasteiger partial charge < -0.3 is 16.0 Å². The monoisotopic (exact) mass is 425 g/mol. The summed E-state index contributed by atoms with van der Waals surface area (Å²) in [5.74, 6) is -0.232. The van der Waals surface area contributed by atoms with Crippen molar-refractivity contribution in [1.29, 1.82) is 5.26 Å². The Labute approximate surface area is 177 Å². The molecule has 1 atom stereocenters. The molecule has 2 amide bonds. The summed E-state index contributed by atoms with van der Waals surface area (Å²) in [6.07, 6.45) is 3.45. The molecule has 0 saturated carbocycles. The number of aromatic amines is 1. The summed E-state index contributed by atoms with van der Waals surface area (Å²) in [7, 11) is 0. The normalized spacial score (nSPS) is 11.6. The molecule has 0 aliphatic heterocycles. The number of H-pyrrole nitrogens is 1. The Kier molecular flexibility index (Phi) is 6.49. The van der Waals surface area contributed by atoms with Crippen LogP contribution in [0, 0.1) is 11.3 Å². The standard InChI is InChI=1S/C20H20ClN7O2/c1-12(25-20(30)7-15-10-24-19(26-15)8-18(23)29)11-28-5-4-17(27-28)13-2-3-14(9-22)16(21)6-13/h2-6,10,12H,7-8,11H2,1H3,(H2,23,29)(H,24,26)(H,25,30)/t12-/m0/s1. The van der Waals surface area contributed by atoms with Gasteiger partial charge in [0.25, 0.3) is 0 Å². The quantitative estimate of drug-likeness (QED) is 0.502. The van der Waals surface area contributed by atoms with Crippen LogP contribution in [0.15, 0.2) is 36.7 Å². The number of nitrogens with one attached hydrogen (secondary N) is 2. The number of nitrogens with zero attached hydrogens (tertiary/aromatic N) is 4. The molecule has 10 heteroatoms. The third-order valence-electron chi connectivity index (χ3n) is 4.27. The number of hydrogen-bond acceptors (Lipinski definition) is 5. The van der Waals surface area contributed by atoms with Crippen LogP contribution in [0.2, 0.25) is 5.02 Å². The zero-order valence-electron chi connectivity index (χ0n) is 16.2. The fraction of sp³-hybridized carbons (Fsp3) is 0.250. The van der Waals surface area contributed by atoms with Crippen LogP contribution in [0.4, 0.5) is 0 Å². The van der Waals surface area contributed by atoms with Gasteiger partial charge in [0.05, 0.1) is 35.7 Å². The fourth-order valence-corrected chi connectivity index (χ4v) is 3.18. The fourth-order valence-electron chi connectivity index (χ4n) is 2.96. The molecule has 154 valence electrons. The maximum absolute atomic E-state index is 12.2. The van der Waals surface area contributed by atoms with E-state index in [9.17, 15) is 9.59 Å². The van der Waals surface area contributed by atoms with Crippen LogP contribution in [-0.2, 0) is 29.0 Å². The molecular weight excluding hydrogens is 406 g/mol. The summed E-state index contributed by atoms with van der Waals surface area (Å²) in [5, 5.41) is 16.8. The third kappa shape index (κ3) is 5.46. The molecule has 3 rings (SSSR count). The first-order valence-electron chi connectivity index (χ1n) is 9.18. The van der Waals surface area contributed by atoms with Gasteiger partial charge in [0.1, 0.15) is 11.9 Å². The van der Waals surface area contributed by atoms with E-state index in [1.165, 1.54) is 6.20 Å². The number of benzene rings is 1. The number of nitrogens with two attached hydrogens (primary N) is 1. The average Bonchev–Trinajstić information content (AvgIpc) is 3.30. The molecule has 3 aromatic rings. The molecule has 0 aliphatic rings. The van der Waals surface area contributed by atoms with Crippen molar-refractivity contribution >= 4 is 23.4 Å². The van der Waals surface area contributed by atoms with E-state index in [2.05, 4.69) is 20.4 Å². The molecule has 0 fully saturated rings. The zero-order valence-corrected chi connectivity index (χ0v) is 17.0. The molecule has 0 radical (unpaired) electrons. The van der Waals surface area contributed by atoms with Crippen molar-refractivity contribution in [2.75, 3.05) is 0 Å². The van der Waals surface area contributed by atoms with Crippen molar-refractivity contribution in [3.05, 3.63) is 58.8 Å². The minimum absolute atomic E-state index is 0.00407. The molecule has 0 spiro atoms. The summed E-state index contributed by atoms with van der Waals surface area (Å²) in [6, 6.07) is 8.86. The van der Waals surface area contributed by atoms with Gasteiger partial charge in [0, 0.05) is 29.7 Å². The van der Waals surface area contributed by atoms with E-state index in [-0.39, 0.29) is 24.8 Å². The first kappa shape index (κ1) is 21.1. The summed E-state index contributed by atoms with van der Waals surface area (Å²) in [5.41, 5.74) is 7.67. The SMILES string of the molecule is C[C@@H](Cn1ccc(-c2ccc(C#N)c(Cl)c2)n1)NC(=O)Cc1cnc(CC(N)=O)[nH]1. The molecular formula is C20H20ClN7O2. The van der Waals surface area contributed by atoms with Crippen LogP contribution in [0.25, 0.3) is 11.3 Å². The second-order valence-corrected chi connectivity index (χ2v) is 7.28. The lowest BCUT2D eigenvalue weighted by Crippen LogP contribution is -2.36. The van der Waals surface area contributed by atoms with Crippen molar-refractivity contribution in [3.63, 3.8) is 0 Å². The van der Waals surface area contributed by atoms with Gasteiger partial charge in [-0.2, -0.15) is 10.4 Å². The van der Waals surface area contributed by atoms with Crippen molar-refractivity contribution in [1.82, 2.24) is 25.1 Å². The van der Waals surface area contributed by atoms with Gasteiger partial charge in [-0.15, -0.1) is 0 Å². The molecule has 0 unspecified atom stereocenters. The topological polar surface area (TPSA) is 142 Å². The van der Waals surface area contributed by atoms with Gasteiger partial charge >= 0.3 is 0 Å². The number of halogens is 1. The number of carbonyl (C=O) groups excluding carboxylic acids is 2. The lowest BCUT2D eigenvalue weighted by atomic mass is 10.1. The predicted molar refractivity (Wildman–Crippen MR) is 110 cm³/mol. The Morgan fingerprint density at radius 3 is 2.87 bits per heavy atom. The summed E-state index contributed by atoms with van der Waals surface area (Å²) in [4.78, 5) is 30.1. The Balaban J connectivity index is 1.55. The number of imidazole rings is 1. The van der Waals surface area contributed by atoms with Crippen molar-refractivity contribution in [2.45, 2.75) is 32.4 Å². The van der Waals surface area contributed by atoms with Gasteiger partial charge in [-0.3, -0.25) is 14.3 Å². The summed E-state index contributed by atoms with van der Waals surface area (Å²) < 4.78 is 1.73. The molecule has 9 nitrogen and oxygen atoms in total. The Morgan fingerprint density at radius 2 is 2.17 bits per heavy atom. The average molecular weight is 426 g/mol. The van der Waals surface area contributed by atoms with Gasteiger partial charge in [-0.25, -0.2) is 4.98 Å².